The number of pyridine rings is 1. The van der Waals surface area contributed by atoms with Gasteiger partial charge in [-0.05, 0) is 49.7 Å². The Kier molecular flexibility index (Phi) is 7.11. The van der Waals surface area contributed by atoms with Gasteiger partial charge in [-0.3, -0.25) is 18.5 Å². The quantitative estimate of drug-likeness (QED) is 0.280. The summed E-state index contributed by atoms with van der Waals surface area (Å²) < 4.78 is 61.8. The standard InChI is InChI=1S/C18H21F3N5O3PS/c1-2-29-18-11-8-10(9-22-16(11)24-25-18)23-17(27)14-12(20)4-5-13(15(14)21)26-31(28,30)7-3-6-19/h4-5,8-9,31H,2-3,6-7,30H2,1H3,(H,23,27)(H,26,28)(H,22,24,25). The van der Waals surface area contributed by atoms with E-state index in [2.05, 4.69) is 25.2 Å². The lowest BCUT2D eigenvalue weighted by Crippen LogP contribution is -2.22. The highest BCUT2D eigenvalue weighted by molar-refractivity contribution is 8.46. The summed E-state index contributed by atoms with van der Waals surface area (Å²) in [7, 11) is -1.19. The van der Waals surface area contributed by atoms with Crippen molar-refractivity contribution in [2.75, 3.05) is 29.1 Å². The van der Waals surface area contributed by atoms with E-state index < -0.39 is 39.5 Å². The van der Waals surface area contributed by atoms with Gasteiger partial charge in [-0.1, -0.05) is 0 Å². The number of fused-ring (bicyclic) bond motifs is 1. The molecule has 0 fully saturated rings. The number of H-pyrrole nitrogens is 1. The van der Waals surface area contributed by atoms with Crippen molar-refractivity contribution >= 4 is 46.5 Å². The first-order valence-electron chi connectivity index (χ1n) is 9.24. The number of thiol groups is 1. The zero-order chi connectivity index (χ0) is 22.6. The molecule has 1 aromatic carbocycles. The smallest absolute Gasteiger partial charge is 0.261 e. The number of amides is 1. The summed E-state index contributed by atoms with van der Waals surface area (Å²) >= 11 is 0. The van der Waals surface area contributed by atoms with E-state index in [9.17, 15) is 22.2 Å². The molecule has 31 heavy (non-hydrogen) atoms. The summed E-state index contributed by atoms with van der Waals surface area (Å²) in [6.07, 6.45) is 1.30. The molecule has 1 amide bonds. The number of rotatable bonds is 9. The Bertz CT molecular complexity index is 1160. The topological polar surface area (TPSA) is 109 Å². The predicted molar refractivity (Wildman–Crippen MR) is 118 cm³/mol. The van der Waals surface area contributed by atoms with Crippen LogP contribution in [0, 0.1) is 11.6 Å². The van der Waals surface area contributed by atoms with Crippen LogP contribution in [-0.2, 0) is 9.74 Å². The monoisotopic (exact) mass is 475 g/mol. The Balaban J connectivity index is 1.87. The molecule has 0 saturated heterocycles. The molecule has 13 heteroatoms. The molecule has 3 N–H and O–H groups in total. The van der Waals surface area contributed by atoms with E-state index in [0.29, 0.717) is 17.6 Å². The number of anilines is 2. The Morgan fingerprint density at radius 2 is 2.13 bits per heavy atom. The molecule has 8 nitrogen and oxygen atoms in total. The van der Waals surface area contributed by atoms with Crippen LogP contribution in [0.5, 0.6) is 5.88 Å². The van der Waals surface area contributed by atoms with Gasteiger partial charge in [0.15, 0.2) is 11.5 Å². The van der Waals surface area contributed by atoms with Crippen molar-refractivity contribution in [2.45, 2.75) is 13.3 Å². The fourth-order valence-electron chi connectivity index (χ4n) is 2.79. The molecule has 3 aromatic rings. The SMILES string of the molecule is CCOc1n[nH]c2ncc(NC(=O)c3c(F)ccc(N[SH](=O)(P)CCCF)c3F)cc12. The second-order valence-electron chi connectivity index (χ2n) is 6.49. The number of aromatic nitrogens is 3. The maximum absolute atomic E-state index is 14.9. The third kappa shape index (κ3) is 5.31. The summed E-state index contributed by atoms with van der Waals surface area (Å²) in [6.45, 7) is 1.45. The summed E-state index contributed by atoms with van der Waals surface area (Å²) in [5.74, 6) is -3.16. The number of benzene rings is 1. The van der Waals surface area contributed by atoms with Crippen LogP contribution >= 0.6 is 8.44 Å². The Morgan fingerprint density at radius 1 is 1.35 bits per heavy atom. The maximum atomic E-state index is 14.9. The largest absolute Gasteiger partial charge is 0.476 e. The van der Waals surface area contributed by atoms with E-state index in [1.54, 1.807) is 6.92 Å². The van der Waals surface area contributed by atoms with Crippen molar-refractivity contribution in [1.82, 2.24) is 15.2 Å². The molecule has 0 bridgehead atoms. The Hall–Kier alpha value is -2.72. The zero-order valence-corrected chi connectivity index (χ0v) is 18.5. The van der Waals surface area contributed by atoms with E-state index in [-0.39, 0.29) is 29.4 Å². The molecule has 0 radical (unpaired) electrons. The minimum Gasteiger partial charge on any atom is -0.476 e. The number of alkyl halides is 1. The number of ether oxygens (including phenoxy) is 1. The van der Waals surface area contributed by atoms with Gasteiger partial charge in [0.05, 0.1) is 36.2 Å². The van der Waals surface area contributed by atoms with Crippen molar-refractivity contribution in [1.29, 1.82) is 0 Å². The lowest BCUT2D eigenvalue weighted by atomic mass is 10.1. The Labute approximate surface area is 178 Å². The summed E-state index contributed by atoms with van der Waals surface area (Å²) in [5, 5.41) is 9.49. The molecule has 2 heterocycles. The van der Waals surface area contributed by atoms with Crippen molar-refractivity contribution < 1.29 is 26.9 Å². The third-order valence-corrected chi connectivity index (χ3v) is 6.93. The van der Waals surface area contributed by atoms with Gasteiger partial charge >= 0.3 is 0 Å². The maximum Gasteiger partial charge on any atom is 0.261 e. The second-order valence-corrected chi connectivity index (χ2v) is 11.3. The first kappa shape index (κ1) is 23.0. The number of nitrogens with zero attached hydrogens (tertiary/aromatic N) is 2. The fraction of sp³-hybridized carbons (Fsp3) is 0.278. The van der Waals surface area contributed by atoms with Crippen LogP contribution in [0.25, 0.3) is 11.0 Å². The molecule has 0 saturated carbocycles. The van der Waals surface area contributed by atoms with Crippen LogP contribution in [0.15, 0.2) is 24.4 Å². The molecule has 0 aliphatic carbocycles. The van der Waals surface area contributed by atoms with Gasteiger partial charge in [-0.25, -0.2) is 13.8 Å². The highest BCUT2D eigenvalue weighted by Crippen LogP contribution is 2.28. The van der Waals surface area contributed by atoms with Crippen LogP contribution in [0.4, 0.5) is 24.5 Å². The molecule has 0 aliphatic rings. The zero-order valence-electron chi connectivity index (χ0n) is 16.4. The first-order chi connectivity index (χ1) is 14.8. The van der Waals surface area contributed by atoms with Crippen LogP contribution in [-0.4, -0.2) is 44.3 Å². The van der Waals surface area contributed by atoms with Gasteiger partial charge in [0.1, 0.15) is 11.4 Å². The highest BCUT2D eigenvalue weighted by atomic mass is 32.8. The van der Waals surface area contributed by atoms with Crippen molar-refractivity contribution in [2.24, 2.45) is 0 Å². The van der Waals surface area contributed by atoms with Crippen molar-refractivity contribution in [3.05, 3.63) is 41.6 Å². The summed E-state index contributed by atoms with van der Waals surface area (Å²) in [4.78, 5) is 16.7. The normalized spacial score (nSPS) is 12.0. The molecule has 1 unspecified atom stereocenters. The molecule has 3 rings (SSSR count). The highest BCUT2D eigenvalue weighted by Gasteiger charge is 2.23. The number of carbonyl (C=O) groups is 1. The third-order valence-electron chi connectivity index (χ3n) is 4.17. The average molecular weight is 475 g/mol. The molecule has 168 valence electrons. The lowest BCUT2D eigenvalue weighted by Gasteiger charge is -2.22. The molecular formula is C18H21F3N5O3PS. The molecular weight excluding hydrogens is 454 g/mol. The van der Waals surface area contributed by atoms with Crippen molar-refractivity contribution in [3.8, 4) is 5.88 Å². The molecule has 0 aliphatic heterocycles. The Morgan fingerprint density at radius 3 is 2.84 bits per heavy atom. The summed E-state index contributed by atoms with van der Waals surface area (Å²) in [5.41, 5.74) is -0.616. The van der Waals surface area contributed by atoms with Gasteiger partial charge in [0.2, 0.25) is 5.88 Å². The first-order valence-corrected chi connectivity index (χ1v) is 12.7. The number of aromatic amines is 1. The minimum atomic E-state index is -3.22. The molecule has 1 atom stereocenters. The number of carbonyl (C=O) groups excluding carboxylic acids is 1. The fourth-order valence-corrected chi connectivity index (χ4v) is 5.04. The van der Waals surface area contributed by atoms with Gasteiger partial charge in [-0.2, -0.15) is 0 Å². The van der Waals surface area contributed by atoms with Gasteiger partial charge < -0.3 is 14.8 Å². The number of hydrogen-bond donors (Lipinski definition) is 4. The minimum absolute atomic E-state index is 0.0111. The van der Waals surface area contributed by atoms with Gasteiger partial charge in [0, 0.05) is 5.75 Å². The van der Waals surface area contributed by atoms with E-state index in [4.69, 9.17) is 4.74 Å². The van der Waals surface area contributed by atoms with E-state index in [1.807, 2.05) is 8.44 Å². The van der Waals surface area contributed by atoms with E-state index in [1.165, 1.54) is 12.3 Å². The average Bonchev–Trinajstić information content (AvgIpc) is 3.11. The van der Waals surface area contributed by atoms with E-state index >= 15 is 0 Å². The summed E-state index contributed by atoms with van der Waals surface area (Å²) in [6, 6.07) is 3.41. The van der Waals surface area contributed by atoms with Gasteiger partial charge in [0.25, 0.3) is 5.91 Å². The second kappa shape index (κ2) is 9.61. The van der Waals surface area contributed by atoms with Crippen LogP contribution in [0.1, 0.15) is 23.7 Å². The predicted octanol–water partition coefficient (Wildman–Crippen LogP) is 3.38. The van der Waals surface area contributed by atoms with Crippen LogP contribution < -0.4 is 14.8 Å². The van der Waals surface area contributed by atoms with Gasteiger partial charge in [-0.15, -0.1) is 5.10 Å². The lowest BCUT2D eigenvalue weighted by molar-refractivity contribution is 0.101. The van der Waals surface area contributed by atoms with Crippen molar-refractivity contribution in [3.63, 3.8) is 0 Å². The van der Waals surface area contributed by atoms with E-state index in [0.717, 1.165) is 12.1 Å². The molecule has 0 spiro atoms. The van der Waals surface area contributed by atoms with Crippen LogP contribution in [0.2, 0.25) is 0 Å². The number of nitrogens with one attached hydrogen (secondary N) is 3. The van der Waals surface area contributed by atoms with Crippen LogP contribution in [0.3, 0.4) is 0 Å². The molecule has 2 aromatic heterocycles. The number of halogens is 3. The number of hydrogen-bond acceptors (Lipinski definition) is 5.